The summed E-state index contributed by atoms with van der Waals surface area (Å²) in [7, 11) is 0. The number of hydrogen-bond donors (Lipinski definition) is 3. The van der Waals surface area contributed by atoms with Gasteiger partial charge in [-0.25, -0.2) is 0 Å². The number of nitrogens with one attached hydrogen (secondary N) is 3. The maximum absolute atomic E-state index is 13.6. The maximum Gasteiger partial charge on any atom is 0.272 e. The SMILES string of the molecule is Cc1ccc(-c2ccc(/C=C(\NC(=O)c3ccccc3)C(=O)Nc3ccc(S[C@@H](C)C(=O)Nc4sc5c(c4C#N)CC[C@H](C)C5)cc3)o2)cc1. The summed E-state index contributed by atoms with van der Waals surface area (Å²) < 4.78 is 6.02. The Morgan fingerprint density at radius 1 is 0.980 bits per heavy atom. The summed E-state index contributed by atoms with van der Waals surface area (Å²) in [4.78, 5) is 41.8. The highest BCUT2D eigenvalue weighted by atomic mass is 32.2. The Morgan fingerprint density at radius 2 is 1.72 bits per heavy atom. The topological polar surface area (TPSA) is 124 Å². The third-order valence-corrected chi connectivity index (χ3v) is 10.7. The molecule has 0 spiro atoms. The minimum Gasteiger partial charge on any atom is -0.457 e. The van der Waals surface area contributed by atoms with Gasteiger partial charge in [0, 0.05) is 32.7 Å². The van der Waals surface area contributed by atoms with Crippen LogP contribution in [0.2, 0.25) is 0 Å². The van der Waals surface area contributed by atoms with Gasteiger partial charge in [0.15, 0.2) is 0 Å². The molecule has 0 saturated heterocycles. The summed E-state index contributed by atoms with van der Waals surface area (Å²) >= 11 is 2.89. The molecule has 10 heteroatoms. The van der Waals surface area contributed by atoms with Crippen molar-refractivity contribution in [2.24, 2.45) is 5.92 Å². The fourth-order valence-corrected chi connectivity index (χ4v) is 7.86. The molecular formula is C40H36N4O4S2. The first-order chi connectivity index (χ1) is 24.2. The van der Waals surface area contributed by atoms with E-state index in [1.807, 2.05) is 62.4 Å². The van der Waals surface area contributed by atoms with Gasteiger partial charge >= 0.3 is 0 Å². The Bertz CT molecular complexity index is 2090. The predicted molar refractivity (Wildman–Crippen MR) is 200 cm³/mol. The molecule has 0 radical (unpaired) electrons. The monoisotopic (exact) mass is 700 g/mol. The highest BCUT2D eigenvalue weighted by Gasteiger charge is 2.26. The van der Waals surface area contributed by atoms with E-state index in [1.54, 1.807) is 42.5 Å². The highest BCUT2D eigenvalue weighted by Crippen LogP contribution is 2.39. The number of thioether (sulfide) groups is 1. The smallest absolute Gasteiger partial charge is 0.272 e. The summed E-state index contributed by atoms with van der Waals surface area (Å²) in [6.07, 6.45) is 4.36. The van der Waals surface area contributed by atoms with Crippen molar-refractivity contribution in [1.82, 2.24) is 5.32 Å². The molecule has 2 heterocycles. The summed E-state index contributed by atoms with van der Waals surface area (Å²) in [6.45, 7) is 6.05. The minimum atomic E-state index is -0.531. The number of amides is 3. The van der Waals surface area contributed by atoms with E-state index in [0.717, 1.165) is 40.8 Å². The average molecular weight is 701 g/mol. The lowest BCUT2D eigenvalue weighted by molar-refractivity contribution is -0.115. The van der Waals surface area contributed by atoms with Crippen LogP contribution >= 0.6 is 23.1 Å². The molecule has 252 valence electrons. The number of benzene rings is 3. The Labute approximate surface area is 299 Å². The van der Waals surface area contributed by atoms with Gasteiger partial charge in [-0.3, -0.25) is 14.4 Å². The first kappa shape index (κ1) is 34.5. The number of rotatable bonds is 10. The van der Waals surface area contributed by atoms with Crippen molar-refractivity contribution in [3.63, 3.8) is 0 Å². The molecule has 0 unspecified atom stereocenters. The largest absolute Gasteiger partial charge is 0.457 e. The molecule has 3 aromatic carbocycles. The molecule has 2 aromatic heterocycles. The van der Waals surface area contributed by atoms with Gasteiger partial charge < -0.3 is 20.4 Å². The molecule has 1 aliphatic carbocycles. The van der Waals surface area contributed by atoms with E-state index in [1.165, 1.54) is 34.1 Å². The third-order valence-electron chi connectivity index (χ3n) is 8.43. The van der Waals surface area contributed by atoms with Crippen molar-refractivity contribution in [2.45, 2.75) is 50.2 Å². The van der Waals surface area contributed by atoms with Crippen LogP contribution in [0.1, 0.15) is 58.0 Å². The molecule has 3 N–H and O–H groups in total. The van der Waals surface area contributed by atoms with Crippen LogP contribution in [-0.2, 0) is 22.4 Å². The molecule has 5 aromatic rings. The zero-order valence-corrected chi connectivity index (χ0v) is 29.5. The molecular weight excluding hydrogens is 665 g/mol. The van der Waals surface area contributed by atoms with Crippen LogP contribution in [0.15, 0.2) is 106 Å². The van der Waals surface area contributed by atoms with Gasteiger partial charge in [-0.05, 0) is 93.1 Å². The first-order valence-electron chi connectivity index (χ1n) is 16.4. The molecule has 0 bridgehead atoms. The summed E-state index contributed by atoms with van der Waals surface area (Å²) in [5, 5.41) is 18.6. The second-order valence-corrected chi connectivity index (χ2v) is 14.9. The number of carbonyl (C=O) groups excluding carboxylic acids is 3. The molecule has 0 fully saturated rings. The van der Waals surface area contributed by atoms with Crippen LogP contribution in [0.4, 0.5) is 10.7 Å². The van der Waals surface area contributed by atoms with Gasteiger partial charge in [0.25, 0.3) is 11.8 Å². The van der Waals surface area contributed by atoms with Gasteiger partial charge in [-0.2, -0.15) is 5.26 Å². The number of fused-ring (bicyclic) bond motifs is 1. The Kier molecular flexibility index (Phi) is 10.7. The van der Waals surface area contributed by atoms with Crippen LogP contribution in [0.25, 0.3) is 17.4 Å². The maximum atomic E-state index is 13.6. The number of furan rings is 1. The van der Waals surface area contributed by atoms with Crippen LogP contribution in [-0.4, -0.2) is 23.0 Å². The van der Waals surface area contributed by atoms with Crippen LogP contribution < -0.4 is 16.0 Å². The normalized spacial score (nSPS) is 14.6. The third kappa shape index (κ3) is 8.25. The Morgan fingerprint density at radius 3 is 2.44 bits per heavy atom. The van der Waals surface area contributed by atoms with Crippen molar-refractivity contribution >= 4 is 57.6 Å². The van der Waals surface area contributed by atoms with Gasteiger partial charge in [-0.15, -0.1) is 23.1 Å². The van der Waals surface area contributed by atoms with Gasteiger partial charge in [-0.1, -0.05) is 55.0 Å². The molecule has 0 saturated carbocycles. The second-order valence-electron chi connectivity index (χ2n) is 12.3. The Balaban J connectivity index is 1.13. The zero-order chi connectivity index (χ0) is 35.2. The quantitative estimate of drug-likeness (QED) is 0.0988. The number of nitriles is 1. The van der Waals surface area contributed by atoms with Crippen molar-refractivity contribution in [3.8, 4) is 17.4 Å². The van der Waals surface area contributed by atoms with Gasteiger partial charge in [0.2, 0.25) is 5.91 Å². The lowest BCUT2D eigenvalue weighted by Gasteiger charge is -2.17. The molecule has 3 amide bonds. The number of hydrogen-bond acceptors (Lipinski definition) is 7. The number of anilines is 2. The zero-order valence-electron chi connectivity index (χ0n) is 27.9. The average Bonchev–Trinajstić information content (AvgIpc) is 3.73. The fraction of sp³-hybridized carbons (Fsp3) is 0.200. The minimum absolute atomic E-state index is 0.00820. The highest BCUT2D eigenvalue weighted by molar-refractivity contribution is 8.00. The van der Waals surface area contributed by atoms with E-state index >= 15 is 0 Å². The summed E-state index contributed by atoms with van der Waals surface area (Å²) in [6, 6.07) is 29.6. The van der Waals surface area contributed by atoms with Crippen molar-refractivity contribution in [1.29, 1.82) is 5.26 Å². The van der Waals surface area contributed by atoms with Crippen molar-refractivity contribution in [2.75, 3.05) is 10.6 Å². The van der Waals surface area contributed by atoms with E-state index in [2.05, 4.69) is 28.9 Å². The number of aryl methyl sites for hydroxylation is 1. The van der Waals surface area contributed by atoms with Crippen LogP contribution in [0, 0.1) is 24.2 Å². The van der Waals surface area contributed by atoms with Crippen molar-refractivity contribution in [3.05, 3.63) is 130 Å². The number of nitrogens with zero attached hydrogens (tertiary/aromatic N) is 1. The van der Waals surface area contributed by atoms with Crippen LogP contribution in [0.5, 0.6) is 0 Å². The van der Waals surface area contributed by atoms with Gasteiger partial charge in [0.05, 0.1) is 10.8 Å². The fourth-order valence-electron chi connectivity index (χ4n) is 5.63. The number of carbonyl (C=O) groups is 3. The van der Waals surface area contributed by atoms with E-state index in [4.69, 9.17) is 4.42 Å². The van der Waals surface area contributed by atoms with E-state index in [0.29, 0.717) is 39.3 Å². The van der Waals surface area contributed by atoms with E-state index in [-0.39, 0.29) is 11.6 Å². The standard InChI is InChI=1S/C40H36N4O4S2/c1-24-9-12-27(13-10-24)35-20-16-30(48-35)22-34(43-38(46)28-7-5-4-6-8-28)39(47)42-29-14-17-31(18-15-29)49-26(3)37(45)44-40-33(23-41)32-19-11-25(2)21-36(32)50-40/h4-10,12-18,20,22,25-26H,11,19,21H2,1-3H3,(H,42,47)(H,43,46)(H,44,45)/b34-22-/t25-,26-/m0/s1. The van der Waals surface area contributed by atoms with Crippen molar-refractivity contribution < 1.29 is 18.8 Å². The molecule has 50 heavy (non-hydrogen) atoms. The molecule has 8 nitrogen and oxygen atoms in total. The lowest BCUT2D eigenvalue weighted by atomic mass is 9.89. The molecule has 2 atom stereocenters. The van der Waals surface area contributed by atoms with Gasteiger partial charge in [0.1, 0.15) is 28.3 Å². The Hall–Kier alpha value is -5.37. The number of thiophene rings is 1. The first-order valence-corrected chi connectivity index (χ1v) is 18.0. The molecule has 6 rings (SSSR count). The lowest BCUT2D eigenvalue weighted by Crippen LogP contribution is -2.30. The van der Waals surface area contributed by atoms with E-state index < -0.39 is 17.1 Å². The summed E-state index contributed by atoms with van der Waals surface area (Å²) in [5.74, 6) is 0.464. The summed E-state index contributed by atoms with van der Waals surface area (Å²) in [5.41, 5.74) is 4.62. The molecule has 0 aliphatic heterocycles. The van der Waals surface area contributed by atoms with E-state index in [9.17, 15) is 19.6 Å². The molecule has 1 aliphatic rings. The predicted octanol–water partition coefficient (Wildman–Crippen LogP) is 8.84. The van der Waals surface area contributed by atoms with Crippen LogP contribution in [0.3, 0.4) is 0 Å². The second kappa shape index (κ2) is 15.5.